The van der Waals surface area contributed by atoms with Crippen LogP contribution in [0.4, 0.5) is 0 Å². The highest BCUT2D eigenvalue weighted by Gasteiger charge is 1.88. The van der Waals surface area contributed by atoms with Gasteiger partial charge in [-0.3, -0.25) is 0 Å². The molecule has 0 atom stereocenters. The minimum absolute atomic E-state index is 1.11. The lowest BCUT2D eigenvalue weighted by atomic mass is 10.7. The van der Waals surface area contributed by atoms with E-state index in [1.165, 1.54) is 6.33 Å². The van der Waals surface area contributed by atoms with E-state index >= 15 is 0 Å². The lowest BCUT2D eigenvalue weighted by Crippen LogP contribution is -3.34. The van der Waals surface area contributed by atoms with Crippen LogP contribution in [0.15, 0.2) is 18.7 Å². The molecule has 0 bridgehead atoms. The second kappa shape index (κ2) is 2.20. The van der Waals surface area contributed by atoms with Gasteiger partial charge in [-0.25, -0.2) is 9.97 Å². The van der Waals surface area contributed by atoms with Crippen LogP contribution in [0.2, 0.25) is 0 Å². The van der Waals surface area contributed by atoms with Gasteiger partial charge in [-0.1, -0.05) is 0 Å². The van der Waals surface area contributed by atoms with Crippen molar-refractivity contribution < 1.29 is 22.6 Å². The predicted octanol–water partition coefficient (Wildman–Crippen LogP) is -3.07. The van der Waals surface area contributed by atoms with Gasteiger partial charge in [0.25, 0.3) is 22.6 Å². The highest BCUT2D eigenvalue weighted by Crippen LogP contribution is 1.67. The first-order valence-corrected chi connectivity index (χ1v) is 2.98. The Morgan fingerprint density at radius 3 is 2.14 bits per heavy atom. The summed E-state index contributed by atoms with van der Waals surface area (Å²) in [5.74, 6) is 0. The highest BCUT2D eigenvalue weighted by molar-refractivity contribution is 4.73. The molecule has 2 nitrogen and oxygen atoms in total. The fourth-order valence-corrected chi connectivity index (χ4v) is 0.633. The van der Waals surface area contributed by atoms with Gasteiger partial charge in [-0.2, -0.15) is 0 Å². The van der Waals surface area contributed by atoms with Crippen molar-refractivity contribution in [1.29, 1.82) is 0 Å². The van der Waals surface area contributed by atoms with E-state index in [-0.39, 0.29) is 0 Å². The first-order valence-electron chi connectivity index (χ1n) is 1.81. The summed E-state index contributed by atoms with van der Waals surface area (Å²) in [4.78, 5) is 7.55. The molecule has 3 heteroatoms. The smallest absolute Gasteiger partial charge is 0.240 e. The third-order valence-electron chi connectivity index (χ3n) is 0.537. The van der Waals surface area contributed by atoms with Crippen molar-refractivity contribution in [3.8, 4) is 0 Å². The molecule has 0 saturated carbocycles. The van der Waals surface area contributed by atoms with Gasteiger partial charge in [0, 0.05) is 0 Å². The average molecular weight is 207 g/mol. The summed E-state index contributed by atoms with van der Waals surface area (Å²) in [5, 5.41) is 0. The molecular weight excluding hydrogens is 203 g/mol. The molecule has 1 aromatic rings. The first kappa shape index (κ1) is 4.96. The molecule has 1 rings (SSSR count). The molecule has 36 valence electrons. The van der Waals surface area contributed by atoms with Crippen LogP contribution in [0.25, 0.3) is 0 Å². The van der Waals surface area contributed by atoms with Crippen molar-refractivity contribution in [2.45, 2.75) is 0 Å². The average Bonchev–Trinajstić information content (AvgIpc) is 1.69. The molecule has 0 aromatic carbocycles. The van der Waals surface area contributed by atoms with E-state index < -0.39 is 0 Å². The van der Waals surface area contributed by atoms with Crippen LogP contribution in [0.1, 0.15) is 0 Å². The second-order valence-electron chi connectivity index (χ2n) is 1.07. The monoisotopic (exact) mass is 207 g/mol. The van der Waals surface area contributed by atoms with Crippen molar-refractivity contribution in [2.75, 3.05) is 0 Å². The zero-order chi connectivity index (χ0) is 5.11. The summed E-state index contributed by atoms with van der Waals surface area (Å²) in [5.41, 5.74) is 0. The zero-order valence-corrected chi connectivity index (χ0v) is 5.87. The van der Waals surface area contributed by atoms with Crippen molar-refractivity contribution in [3.63, 3.8) is 0 Å². The Labute approximate surface area is 55.1 Å². The second-order valence-corrected chi connectivity index (χ2v) is 2.42. The molecule has 0 spiro atoms. The van der Waals surface area contributed by atoms with E-state index in [1.807, 2.05) is 22.6 Å². The Morgan fingerprint density at radius 1 is 1.29 bits per heavy atom. The third-order valence-corrected chi connectivity index (χ3v) is 1.14. The molecule has 0 aliphatic heterocycles. The summed E-state index contributed by atoms with van der Waals surface area (Å²) in [6.07, 6.45) is 5.07. The SMILES string of the molecule is [IH+]c1cncnc1. The summed E-state index contributed by atoms with van der Waals surface area (Å²) >= 11 is 1.89. The van der Waals surface area contributed by atoms with Crippen LogP contribution in [0, 0.1) is 3.57 Å². The van der Waals surface area contributed by atoms with Gasteiger partial charge in [0.15, 0.2) is 0 Å². The molecule has 7 heavy (non-hydrogen) atoms. The van der Waals surface area contributed by atoms with Crippen LogP contribution < -0.4 is 22.6 Å². The number of nitrogens with zero attached hydrogens (tertiary/aromatic N) is 2. The Hall–Kier alpha value is -0.190. The van der Waals surface area contributed by atoms with Crippen molar-refractivity contribution in [1.82, 2.24) is 9.97 Å². The van der Waals surface area contributed by atoms with Gasteiger partial charge in [0.05, 0.1) is 12.4 Å². The van der Waals surface area contributed by atoms with Crippen molar-refractivity contribution >= 4 is 0 Å². The van der Waals surface area contributed by atoms with E-state index in [9.17, 15) is 0 Å². The zero-order valence-electron chi connectivity index (χ0n) is 3.53. The molecule has 0 amide bonds. The summed E-state index contributed by atoms with van der Waals surface area (Å²) in [6, 6.07) is 0. The Bertz CT molecular complexity index is 140. The topological polar surface area (TPSA) is 25.8 Å². The van der Waals surface area contributed by atoms with Crippen LogP contribution in [-0.4, -0.2) is 9.97 Å². The van der Waals surface area contributed by atoms with Gasteiger partial charge in [-0.05, 0) is 0 Å². The molecule has 0 radical (unpaired) electrons. The maximum atomic E-state index is 3.78. The van der Waals surface area contributed by atoms with Crippen LogP contribution in [0.3, 0.4) is 0 Å². The van der Waals surface area contributed by atoms with E-state index in [1.54, 1.807) is 12.4 Å². The van der Waals surface area contributed by atoms with Crippen molar-refractivity contribution in [3.05, 3.63) is 22.3 Å². The molecule has 0 aliphatic carbocycles. The maximum Gasteiger partial charge on any atom is 0.300 e. The Balaban J connectivity index is 3.02. The lowest BCUT2D eigenvalue weighted by Gasteiger charge is -1.72. The van der Waals surface area contributed by atoms with Gasteiger partial charge < -0.3 is 0 Å². The Kier molecular flexibility index (Phi) is 1.56. The largest absolute Gasteiger partial charge is 0.300 e. The molecule has 0 N–H and O–H groups in total. The predicted molar refractivity (Wildman–Crippen MR) is 22.1 cm³/mol. The summed E-state index contributed by atoms with van der Waals surface area (Å²) in [6.45, 7) is 0. The number of hydrogen-bond donors (Lipinski definition) is 0. The van der Waals surface area contributed by atoms with Gasteiger partial charge in [-0.15, -0.1) is 0 Å². The molecule has 0 fully saturated rings. The lowest BCUT2D eigenvalue weighted by molar-refractivity contribution is -0.329. The van der Waals surface area contributed by atoms with Gasteiger partial charge in [0.1, 0.15) is 6.33 Å². The fourth-order valence-electron chi connectivity index (χ4n) is 0.285. The maximum absolute atomic E-state index is 3.78. The molecule has 0 aliphatic rings. The first-order chi connectivity index (χ1) is 3.39. The Morgan fingerprint density at radius 2 is 1.86 bits per heavy atom. The van der Waals surface area contributed by atoms with Crippen LogP contribution >= 0.6 is 0 Å². The van der Waals surface area contributed by atoms with Gasteiger partial charge >= 0.3 is 0 Å². The fraction of sp³-hybridized carbons (Fsp3) is 0. The molecule has 0 saturated heterocycles. The number of halogens is 1. The normalized spacial score (nSPS) is 8.71. The molecule has 1 aromatic heterocycles. The molecule has 1 heterocycles. The molecular formula is C4H4IN2+. The minimum Gasteiger partial charge on any atom is -0.240 e. The van der Waals surface area contributed by atoms with E-state index in [0.29, 0.717) is 0 Å². The number of rotatable bonds is 0. The summed E-state index contributed by atoms with van der Waals surface area (Å²) < 4.78 is 1.11. The minimum atomic E-state index is 1.11. The van der Waals surface area contributed by atoms with Crippen LogP contribution in [0.5, 0.6) is 0 Å². The van der Waals surface area contributed by atoms with Gasteiger partial charge in [0.2, 0.25) is 3.57 Å². The summed E-state index contributed by atoms with van der Waals surface area (Å²) in [7, 11) is 0. The number of aromatic nitrogens is 2. The van der Waals surface area contributed by atoms with Crippen LogP contribution in [-0.2, 0) is 0 Å². The van der Waals surface area contributed by atoms with E-state index in [2.05, 4.69) is 9.97 Å². The van der Waals surface area contributed by atoms with E-state index in [4.69, 9.17) is 0 Å². The van der Waals surface area contributed by atoms with E-state index in [0.717, 1.165) is 3.57 Å². The highest BCUT2D eigenvalue weighted by atomic mass is 127. The standard InChI is InChI=1S/C4H4IN2/c5-4-1-6-3-7-2-4/h1-3,5H/q+1. The third kappa shape index (κ3) is 1.38. The van der Waals surface area contributed by atoms with Crippen molar-refractivity contribution in [2.24, 2.45) is 0 Å². The molecule has 0 unspecified atom stereocenters. The quantitative estimate of drug-likeness (QED) is 0.422. The number of hydrogen-bond acceptors (Lipinski definition) is 2.